The van der Waals surface area contributed by atoms with Gasteiger partial charge in [-0.3, -0.25) is 9.59 Å². The van der Waals surface area contributed by atoms with Crippen molar-refractivity contribution in [1.82, 2.24) is 4.90 Å². The first kappa shape index (κ1) is 14.7. The molecule has 1 amide bonds. The molecule has 0 bridgehead atoms. The molecule has 0 aromatic heterocycles. The van der Waals surface area contributed by atoms with E-state index in [9.17, 15) is 9.59 Å². The van der Waals surface area contributed by atoms with Gasteiger partial charge in [-0.25, -0.2) is 0 Å². The second kappa shape index (κ2) is 6.54. The molecule has 0 aliphatic heterocycles. The molecule has 0 spiro atoms. The number of nitrogens with zero attached hydrogens (tertiary/aromatic N) is 1. The van der Waals surface area contributed by atoms with Gasteiger partial charge < -0.3 is 9.64 Å². The Bertz CT molecular complexity index is 446. The minimum atomic E-state index is -0.0967. The number of rotatable bonds is 5. The van der Waals surface area contributed by atoms with Crippen LogP contribution in [0.1, 0.15) is 24.2 Å². The monoisotopic (exact) mass is 313 g/mol. The first-order chi connectivity index (χ1) is 8.45. The van der Waals surface area contributed by atoms with E-state index in [0.717, 1.165) is 6.29 Å². The third-order valence-electron chi connectivity index (χ3n) is 2.62. The number of ether oxygens (including phenoxy) is 1. The third-order valence-corrected chi connectivity index (χ3v) is 3.35. The Hall–Kier alpha value is -1.36. The Morgan fingerprint density at radius 2 is 2.17 bits per heavy atom. The van der Waals surface area contributed by atoms with Crippen molar-refractivity contribution in [2.24, 2.45) is 0 Å². The molecule has 4 nitrogen and oxygen atoms in total. The van der Waals surface area contributed by atoms with Gasteiger partial charge in [0.2, 0.25) is 0 Å². The molecule has 1 aromatic carbocycles. The number of benzene rings is 1. The van der Waals surface area contributed by atoms with Crippen molar-refractivity contribution in [3.05, 3.63) is 28.2 Å². The number of aldehydes is 1. The lowest BCUT2D eigenvalue weighted by atomic mass is 10.2. The van der Waals surface area contributed by atoms with Crippen LogP contribution in [0.3, 0.4) is 0 Å². The Balaban J connectivity index is 2.64. The van der Waals surface area contributed by atoms with Crippen LogP contribution in [0.2, 0.25) is 0 Å². The van der Waals surface area contributed by atoms with Crippen molar-refractivity contribution in [2.45, 2.75) is 19.9 Å². The van der Waals surface area contributed by atoms with E-state index in [1.165, 1.54) is 0 Å². The van der Waals surface area contributed by atoms with Crippen molar-refractivity contribution in [3.63, 3.8) is 0 Å². The first-order valence-corrected chi connectivity index (χ1v) is 6.38. The quantitative estimate of drug-likeness (QED) is 0.785. The van der Waals surface area contributed by atoms with Gasteiger partial charge in [0.1, 0.15) is 5.75 Å². The minimum absolute atomic E-state index is 0.0331. The van der Waals surface area contributed by atoms with Gasteiger partial charge in [0.15, 0.2) is 12.9 Å². The molecule has 1 aromatic rings. The molecule has 5 heteroatoms. The molecule has 0 aliphatic carbocycles. The maximum atomic E-state index is 11.7. The number of amides is 1. The van der Waals surface area contributed by atoms with Crippen molar-refractivity contribution in [2.75, 3.05) is 13.7 Å². The summed E-state index contributed by atoms with van der Waals surface area (Å²) in [5, 5.41) is 0. The molecule has 0 atom stereocenters. The topological polar surface area (TPSA) is 46.6 Å². The van der Waals surface area contributed by atoms with Crippen LogP contribution in [0.5, 0.6) is 5.75 Å². The van der Waals surface area contributed by atoms with Gasteiger partial charge >= 0.3 is 0 Å². The molecule has 0 N–H and O–H groups in total. The highest BCUT2D eigenvalue weighted by atomic mass is 79.9. The largest absolute Gasteiger partial charge is 0.484 e. The van der Waals surface area contributed by atoms with Gasteiger partial charge in [0, 0.05) is 23.1 Å². The van der Waals surface area contributed by atoms with Gasteiger partial charge in [0.05, 0.1) is 0 Å². The maximum Gasteiger partial charge on any atom is 0.260 e. The van der Waals surface area contributed by atoms with Crippen LogP contribution < -0.4 is 4.74 Å². The summed E-state index contributed by atoms with van der Waals surface area (Å²) in [4.78, 5) is 24.1. The Labute approximate surface area is 115 Å². The molecule has 0 heterocycles. The number of hydrogen-bond donors (Lipinski definition) is 0. The SMILES string of the molecule is CC(C)N(C)C(=O)COc1ccc(Br)c(C=O)c1. The molecule has 0 fully saturated rings. The lowest BCUT2D eigenvalue weighted by Crippen LogP contribution is -2.36. The Kier molecular flexibility index (Phi) is 5.34. The Morgan fingerprint density at radius 1 is 1.50 bits per heavy atom. The van der Waals surface area contributed by atoms with E-state index < -0.39 is 0 Å². The molecular formula is C13H16BrNO3. The van der Waals surface area contributed by atoms with Gasteiger partial charge in [0.25, 0.3) is 5.91 Å². The van der Waals surface area contributed by atoms with Gasteiger partial charge in [-0.2, -0.15) is 0 Å². The van der Waals surface area contributed by atoms with Crippen LogP contribution in [-0.2, 0) is 4.79 Å². The Morgan fingerprint density at radius 3 is 2.72 bits per heavy atom. The highest BCUT2D eigenvalue weighted by Crippen LogP contribution is 2.21. The molecular weight excluding hydrogens is 298 g/mol. The summed E-state index contributed by atoms with van der Waals surface area (Å²) in [7, 11) is 1.73. The van der Waals surface area contributed by atoms with E-state index in [1.54, 1.807) is 30.1 Å². The van der Waals surface area contributed by atoms with Crippen LogP contribution >= 0.6 is 15.9 Å². The lowest BCUT2D eigenvalue weighted by Gasteiger charge is -2.21. The number of halogens is 1. The predicted octanol–water partition coefficient (Wildman–Crippen LogP) is 2.51. The zero-order chi connectivity index (χ0) is 13.7. The third kappa shape index (κ3) is 3.84. The molecule has 0 aliphatic rings. The summed E-state index contributed by atoms with van der Waals surface area (Å²) >= 11 is 3.25. The normalized spacial score (nSPS) is 10.3. The fourth-order valence-electron chi connectivity index (χ4n) is 1.24. The molecule has 0 radical (unpaired) electrons. The predicted molar refractivity (Wildman–Crippen MR) is 72.9 cm³/mol. The number of carbonyl (C=O) groups excluding carboxylic acids is 2. The molecule has 0 saturated carbocycles. The summed E-state index contributed by atoms with van der Waals surface area (Å²) in [6, 6.07) is 5.16. The molecule has 0 saturated heterocycles. The zero-order valence-electron chi connectivity index (χ0n) is 10.6. The molecule has 98 valence electrons. The van der Waals surface area contributed by atoms with Crippen LogP contribution in [0.25, 0.3) is 0 Å². The van der Waals surface area contributed by atoms with Crippen molar-refractivity contribution >= 4 is 28.1 Å². The minimum Gasteiger partial charge on any atom is -0.484 e. The first-order valence-electron chi connectivity index (χ1n) is 5.59. The van der Waals surface area contributed by atoms with Gasteiger partial charge in [-0.05, 0) is 32.0 Å². The standard InChI is InChI=1S/C13H16BrNO3/c1-9(2)15(3)13(17)8-18-11-4-5-12(14)10(6-11)7-16/h4-7,9H,8H2,1-3H3. The highest BCUT2D eigenvalue weighted by molar-refractivity contribution is 9.10. The average molecular weight is 314 g/mol. The fourth-order valence-corrected chi connectivity index (χ4v) is 1.58. The van der Waals surface area contributed by atoms with Crippen molar-refractivity contribution < 1.29 is 14.3 Å². The summed E-state index contributed by atoms with van der Waals surface area (Å²) in [6.07, 6.45) is 0.735. The molecule has 18 heavy (non-hydrogen) atoms. The van der Waals surface area contributed by atoms with Crippen molar-refractivity contribution in [1.29, 1.82) is 0 Å². The second-order valence-electron chi connectivity index (χ2n) is 4.19. The van der Waals surface area contributed by atoms with Crippen molar-refractivity contribution in [3.8, 4) is 5.75 Å². The van der Waals surface area contributed by atoms with Gasteiger partial charge in [-0.15, -0.1) is 0 Å². The van der Waals surface area contributed by atoms with E-state index in [2.05, 4.69) is 15.9 Å². The van der Waals surface area contributed by atoms with E-state index in [0.29, 0.717) is 15.8 Å². The summed E-state index contributed by atoms with van der Waals surface area (Å²) in [5.74, 6) is 0.409. The summed E-state index contributed by atoms with van der Waals surface area (Å²) in [5.41, 5.74) is 0.497. The summed E-state index contributed by atoms with van der Waals surface area (Å²) < 4.78 is 6.07. The summed E-state index contributed by atoms with van der Waals surface area (Å²) in [6.45, 7) is 3.83. The molecule has 0 unspecified atom stereocenters. The number of likely N-dealkylation sites (N-methyl/N-ethyl adjacent to an activating group) is 1. The number of hydrogen-bond acceptors (Lipinski definition) is 3. The molecule has 1 rings (SSSR count). The van der Waals surface area contributed by atoms with Gasteiger partial charge in [-0.1, -0.05) is 15.9 Å². The smallest absolute Gasteiger partial charge is 0.260 e. The lowest BCUT2D eigenvalue weighted by molar-refractivity contribution is -0.133. The van der Waals surface area contributed by atoms with Crippen LogP contribution in [0, 0.1) is 0 Å². The van der Waals surface area contributed by atoms with E-state index in [4.69, 9.17) is 4.74 Å². The maximum absolute atomic E-state index is 11.7. The van der Waals surface area contributed by atoms with E-state index in [1.807, 2.05) is 13.8 Å². The van der Waals surface area contributed by atoms with Crippen LogP contribution in [-0.4, -0.2) is 36.8 Å². The van der Waals surface area contributed by atoms with Crippen LogP contribution in [0.4, 0.5) is 0 Å². The van der Waals surface area contributed by atoms with Crippen LogP contribution in [0.15, 0.2) is 22.7 Å². The second-order valence-corrected chi connectivity index (χ2v) is 5.04. The highest BCUT2D eigenvalue weighted by Gasteiger charge is 2.12. The number of carbonyl (C=O) groups is 2. The fraction of sp³-hybridized carbons (Fsp3) is 0.385. The average Bonchev–Trinajstić information content (AvgIpc) is 2.36. The van der Waals surface area contributed by atoms with E-state index in [-0.39, 0.29) is 18.6 Å². The van der Waals surface area contributed by atoms with E-state index >= 15 is 0 Å². The zero-order valence-corrected chi connectivity index (χ0v) is 12.2.